The third-order valence-electron chi connectivity index (χ3n) is 2.60. The van der Waals surface area contributed by atoms with Crippen LogP contribution in [0.5, 0.6) is 5.75 Å². The van der Waals surface area contributed by atoms with Gasteiger partial charge in [-0.2, -0.15) is 0 Å². The normalized spacial score (nSPS) is 12.4. The average molecular weight is 249 g/mol. The Morgan fingerprint density at radius 1 is 1.41 bits per heavy atom. The molecule has 5 heteroatoms. The molecular weight excluding hydrogens is 234 g/mol. The van der Waals surface area contributed by atoms with E-state index in [4.69, 9.17) is 4.74 Å². The molecule has 0 aliphatic rings. The maximum absolute atomic E-state index is 5.34. The molecule has 1 atom stereocenters. The van der Waals surface area contributed by atoms with Crippen molar-refractivity contribution in [2.24, 2.45) is 0 Å². The third kappa shape index (κ3) is 3.01. The molecule has 0 saturated carbocycles. The fourth-order valence-electron chi connectivity index (χ4n) is 1.65. The SMILES string of the molecule is COc1ccccc1C(C)NCc1csnn1. The number of benzene rings is 1. The Morgan fingerprint density at radius 2 is 2.24 bits per heavy atom. The van der Waals surface area contributed by atoms with Crippen molar-refractivity contribution < 1.29 is 4.74 Å². The number of para-hydroxylation sites is 1. The lowest BCUT2D eigenvalue weighted by Crippen LogP contribution is -2.18. The number of ether oxygens (including phenoxy) is 1. The van der Waals surface area contributed by atoms with Gasteiger partial charge in [-0.15, -0.1) is 5.10 Å². The van der Waals surface area contributed by atoms with E-state index in [0.29, 0.717) is 0 Å². The van der Waals surface area contributed by atoms with E-state index in [1.165, 1.54) is 11.5 Å². The summed E-state index contributed by atoms with van der Waals surface area (Å²) >= 11 is 1.37. The lowest BCUT2D eigenvalue weighted by molar-refractivity contribution is 0.401. The molecule has 90 valence electrons. The van der Waals surface area contributed by atoms with Gasteiger partial charge in [-0.1, -0.05) is 22.7 Å². The van der Waals surface area contributed by atoms with Crippen LogP contribution in [-0.4, -0.2) is 16.7 Å². The van der Waals surface area contributed by atoms with Crippen LogP contribution in [0.25, 0.3) is 0 Å². The fraction of sp³-hybridized carbons (Fsp3) is 0.333. The van der Waals surface area contributed by atoms with Gasteiger partial charge in [0.15, 0.2) is 0 Å². The van der Waals surface area contributed by atoms with Crippen LogP contribution in [0.2, 0.25) is 0 Å². The average Bonchev–Trinajstić information content (AvgIpc) is 2.89. The number of methoxy groups -OCH3 is 1. The van der Waals surface area contributed by atoms with Crippen LogP contribution in [0.1, 0.15) is 24.2 Å². The molecule has 0 saturated heterocycles. The summed E-state index contributed by atoms with van der Waals surface area (Å²) in [5.41, 5.74) is 2.12. The summed E-state index contributed by atoms with van der Waals surface area (Å²) in [5.74, 6) is 0.906. The van der Waals surface area contributed by atoms with E-state index in [0.717, 1.165) is 23.6 Å². The monoisotopic (exact) mass is 249 g/mol. The van der Waals surface area contributed by atoms with Gasteiger partial charge in [0.1, 0.15) is 5.75 Å². The van der Waals surface area contributed by atoms with Gasteiger partial charge in [-0.3, -0.25) is 0 Å². The first-order chi connectivity index (χ1) is 8.31. The van der Waals surface area contributed by atoms with E-state index >= 15 is 0 Å². The van der Waals surface area contributed by atoms with Gasteiger partial charge in [0, 0.05) is 23.5 Å². The van der Waals surface area contributed by atoms with Crippen LogP contribution < -0.4 is 10.1 Å². The van der Waals surface area contributed by atoms with E-state index in [-0.39, 0.29) is 6.04 Å². The number of hydrogen-bond donors (Lipinski definition) is 1. The minimum absolute atomic E-state index is 0.216. The van der Waals surface area contributed by atoms with Gasteiger partial charge in [0.2, 0.25) is 0 Å². The zero-order valence-electron chi connectivity index (χ0n) is 9.88. The van der Waals surface area contributed by atoms with E-state index in [9.17, 15) is 0 Å². The van der Waals surface area contributed by atoms with Gasteiger partial charge in [0.05, 0.1) is 12.8 Å². The maximum Gasteiger partial charge on any atom is 0.123 e. The first kappa shape index (κ1) is 12.0. The van der Waals surface area contributed by atoms with Crippen LogP contribution in [0.4, 0.5) is 0 Å². The fourth-order valence-corrected chi connectivity index (χ4v) is 2.10. The molecule has 1 N–H and O–H groups in total. The van der Waals surface area contributed by atoms with Gasteiger partial charge < -0.3 is 10.1 Å². The van der Waals surface area contributed by atoms with Crippen molar-refractivity contribution in [2.45, 2.75) is 19.5 Å². The van der Waals surface area contributed by atoms with E-state index in [1.807, 2.05) is 23.6 Å². The molecule has 1 aromatic carbocycles. The quantitative estimate of drug-likeness (QED) is 0.884. The van der Waals surface area contributed by atoms with Crippen molar-refractivity contribution in [1.82, 2.24) is 14.9 Å². The second-order valence-electron chi connectivity index (χ2n) is 3.74. The van der Waals surface area contributed by atoms with Crippen LogP contribution in [-0.2, 0) is 6.54 Å². The Balaban J connectivity index is 2.01. The van der Waals surface area contributed by atoms with E-state index in [2.05, 4.69) is 27.9 Å². The first-order valence-corrected chi connectivity index (χ1v) is 6.27. The highest BCUT2D eigenvalue weighted by Gasteiger charge is 2.10. The summed E-state index contributed by atoms with van der Waals surface area (Å²) in [4.78, 5) is 0. The zero-order valence-corrected chi connectivity index (χ0v) is 10.7. The molecule has 1 heterocycles. The highest BCUT2D eigenvalue weighted by atomic mass is 32.1. The minimum atomic E-state index is 0.216. The number of nitrogens with zero attached hydrogens (tertiary/aromatic N) is 2. The third-order valence-corrected chi connectivity index (χ3v) is 3.15. The molecule has 1 aromatic heterocycles. The van der Waals surface area contributed by atoms with Crippen molar-refractivity contribution in [1.29, 1.82) is 0 Å². The van der Waals surface area contributed by atoms with E-state index < -0.39 is 0 Å². The molecule has 0 spiro atoms. The topological polar surface area (TPSA) is 47.0 Å². The van der Waals surface area contributed by atoms with Crippen molar-refractivity contribution in [3.05, 3.63) is 40.9 Å². The molecule has 4 nitrogen and oxygen atoms in total. The summed E-state index contributed by atoms with van der Waals surface area (Å²) in [6.45, 7) is 2.83. The lowest BCUT2D eigenvalue weighted by atomic mass is 10.1. The molecule has 0 radical (unpaired) electrons. The largest absolute Gasteiger partial charge is 0.496 e. The van der Waals surface area contributed by atoms with Crippen molar-refractivity contribution in [3.8, 4) is 5.75 Å². The lowest BCUT2D eigenvalue weighted by Gasteiger charge is -2.16. The minimum Gasteiger partial charge on any atom is -0.496 e. The summed E-state index contributed by atoms with van der Waals surface area (Å²) in [6, 6.07) is 8.24. The Morgan fingerprint density at radius 3 is 2.94 bits per heavy atom. The van der Waals surface area contributed by atoms with Gasteiger partial charge >= 0.3 is 0 Å². The number of aromatic nitrogens is 2. The molecule has 1 unspecified atom stereocenters. The van der Waals surface area contributed by atoms with Gasteiger partial charge in [-0.05, 0) is 24.5 Å². The molecule has 17 heavy (non-hydrogen) atoms. The highest BCUT2D eigenvalue weighted by Crippen LogP contribution is 2.24. The molecule has 0 bridgehead atoms. The summed E-state index contributed by atoms with van der Waals surface area (Å²) in [5, 5.41) is 9.35. The molecular formula is C12H15N3OS. The predicted octanol–water partition coefficient (Wildman–Crippen LogP) is 2.40. The zero-order chi connectivity index (χ0) is 12.1. The summed E-state index contributed by atoms with van der Waals surface area (Å²) < 4.78 is 9.17. The Kier molecular flexibility index (Phi) is 4.06. The maximum atomic E-state index is 5.34. The number of nitrogens with one attached hydrogen (secondary N) is 1. The standard InChI is InChI=1S/C12H15N3OS/c1-9(13-7-10-8-17-15-14-10)11-5-3-4-6-12(11)16-2/h3-6,8-9,13H,7H2,1-2H3. The predicted molar refractivity (Wildman–Crippen MR) is 68.2 cm³/mol. The number of rotatable bonds is 5. The molecule has 2 aromatic rings. The van der Waals surface area contributed by atoms with Crippen LogP contribution >= 0.6 is 11.5 Å². The molecule has 0 fully saturated rings. The molecule has 0 aliphatic carbocycles. The second-order valence-corrected chi connectivity index (χ2v) is 4.35. The van der Waals surface area contributed by atoms with Gasteiger partial charge in [0.25, 0.3) is 0 Å². The highest BCUT2D eigenvalue weighted by molar-refractivity contribution is 7.03. The second kappa shape index (κ2) is 5.75. The summed E-state index contributed by atoms with van der Waals surface area (Å²) in [7, 11) is 1.69. The van der Waals surface area contributed by atoms with Crippen molar-refractivity contribution in [3.63, 3.8) is 0 Å². The van der Waals surface area contributed by atoms with Crippen molar-refractivity contribution in [2.75, 3.05) is 7.11 Å². The Hall–Kier alpha value is -1.46. The molecule has 0 aliphatic heterocycles. The molecule has 2 rings (SSSR count). The van der Waals surface area contributed by atoms with Crippen LogP contribution in [0.3, 0.4) is 0 Å². The molecule has 0 amide bonds. The van der Waals surface area contributed by atoms with Gasteiger partial charge in [-0.25, -0.2) is 0 Å². The Bertz CT molecular complexity index is 459. The smallest absolute Gasteiger partial charge is 0.123 e. The number of hydrogen-bond acceptors (Lipinski definition) is 5. The van der Waals surface area contributed by atoms with Crippen molar-refractivity contribution >= 4 is 11.5 Å². The van der Waals surface area contributed by atoms with E-state index in [1.54, 1.807) is 7.11 Å². The van der Waals surface area contributed by atoms with Crippen LogP contribution in [0, 0.1) is 0 Å². The van der Waals surface area contributed by atoms with Crippen LogP contribution in [0.15, 0.2) is 29.6 Å². The first-order valence-electron chi connectivity index (χ1n) is 5.43. The Labute approximate surface area is 105 Å². The summed E-state index contributed by atoms with van der Waals surface area (Å²) in [6.07, 6.45) is 0.